The number of imidazole rings is 1. The Hall–Kier alpha value is -2.82. The van der Waals surface area contributed by atoms with E-state index in [4.69, 9.17) is 15.5 Å². The van der Waals surface area contributed by atoms with Crippen molar-refractivity contribution in [3.63, 3.8) is 0 Å². The van der Waals surface area contributed by atoms with E-state index in [9.17, 15) is 4.79 Å². The highest BCUT2D eigenvalue weighted by Crippen LogP contribution is 2.33. The molecule has 2 heterocycles. The molecule has 0 aliphatic rings. The molecule has 3 rings (SSSR count). The molecule has 0 unspecified atom stereocenters. The molecule has 28 heavy (non-hydrogen) atoms. The van der Waals surface area contributed by atoms with Crippen LogP contribution in [0, 0.1) is 6.92 Å². The minimum Gasteiger partial charge on any atom is -0.497 e. The standard InChI is InChI=1S/C23H29N3O2/c1-6-15(7-2)17-11-14(4)23-25-20(21(22(24)27)26(23)13-17)19-10-9-18(28-5)12-16(19)8-3/h9-13,15H,6-8H2,1-5H3,(H2,24,27). The SMILES string of the molecule is CCc1cc(OC)ccc1-c1nc2c(C)cc(C(CC)CC)cn2c1C(N)=O. The zero-order chi connectivity index (χ0) is 20.4. The monoisotopic (exact) mass is 379 g/mol. The van der Waals surface area contributed by atoms with Crippen molar-refractivity contribution in [2.45, 2.75) is 52.9 Å². The number of hydrogen-bond donors (Lipinski definition) is 1. The molecule has 2 N–H and O–H groups in total. The summed E-state index contributed by atoms with van der Waals surface area (Å²) in [7, 11) is 1.65. The van der Waals surface area contributed by atoms with Gasteiger partial charge in [0.2, 0.25) is 0 Å². The Kier molecular flexibility index (Phi) is 5.73. The summed E-state index contributed by atoms with van der Waals surface area (Å²) in [5, 5.41) is 0. The van der Waals surface area contributed by atoms with Gasteiger partial charge in [-0.05, 0) is 67.0 Å². The Morgan fingerprint density at radius 3 is 2.50 bits per heavy atom. The van der Waals surface area contributed by atoms with Crippen molar-refractivity contribution in [2.75, 3.05) is 7.11 Å². The molecular weight excluding hydrogens is 350 g/mol. The molecule has 5 heteroatoms. The third-order valence-corrected chi connectivity index (χ3v) is 5.56. The fourth-order valence-electron chi connectivity index (χ4n) is 3.96. The highest BCUT2D eigenvalue weighted by Gasteiger charge is 2.22. The van der Waals surface area contributed by atoms with Crippen molar-refractivity contribution >= 4 is 11.6 Å². The molecule has 0 radical (unpaired) electrons. The van der Waals surface area contributed by atoms with E-state index >= 15 is 0 Å². The van der Waals surface area contributed by atoms with Crippen molar-refractivity contribution < 1.29 is 9.53 Å². The van der Waals surface area contributed by atoms with Gasteiger partial charge in [0.25, 0.3) is 5.91 Å². The maximum absolute atomic E-state index is 12.5. The number of carbonyl (C=O) groups excluding carboxylic acids is 1. The number of aromatic nitrogens is 2. The molecule has 2 aromatic heterocycles. The van der Waals surface area contributed by atoms with Gasteiger partial charge < -0.3 is 10.5 Å². The van der Waals surface area contributed by atoms with Crippen LogP contribution in [-0.2, 0) is 6.42 Å². The topological polar surface area (TPSA) is 69.6 Å². The van der Waals surface area contributed by atoms with Gasteiger partial charge in [-0.2, -0.15) is 0 Å². The predicted molar refractivity (Wildman–Crippen MR) is 113 cm³/mol. The number of fused-ring (bicyclic) bond motifs is 1. The summed E-state index contributed by atoms with van der Waals surface area (Å²) in [5.41, 5.74) is 11.9. The zero-order valence-corrected chi connectivity index (χ0v) is 17.4. The molecule has 0 fully saturated rings. The molecule has 0 saturated carbocycles. The molecule has 5 nitrogen and oxygen atoms in total. The van der Waals surface area contributed by atoms with Crippen molar-refractivity contribution in [3.05, 3.63) is 52.8 Å². The summed E-state index contributed by atoms with van der Waals surface area (Å²) in [4.78, 5) is 17.3. The van der Waals surface area contributed by atoms with Crippen LogP contribution in [0.15, 0.2) is 30.5 Å². The fraction of sp³-hybridized carbons (Fsp3) is 0.391. The Morgan fingerprint density at radius 1 is 1.21 bits per heavy atom. The molecule has 0 bridgehead atoms. The van der Waals surface area contributed by atoms with Crippen molar-refractivity contribution in [1.29, 1.82) is 0 Å². The highest BCUT2D eigenvalue weighted by molar-refractivity contribution is 5.99. The van der Waals surface area contributed by atoms with Crippen LogP contribution < -0.4 is 10.5 Å². The van der Waals surface area contributed by atoms with Gasteiger partial charge in [0, 0.05) is 11.8 Å². The largest absolute Gasteiger partial charge is 0.497 e. The molecule has 0 aliphatic carbocycles. The first-order valence-corrected chi connectivity index (χ1v) is 9.94. The Labute approximate surface area is 166 Å². The van der Waals surface area contributed by atoms with Crippen LogP contribution >= 0.6 is 0 Å². The van der Waals surface area contributed by atoms with Crippen molar-refractivity contribution in [2.24, 2.45) is 5.73 Å². The number of benzene rings is 1. The van der Waals surface area contributed by atoms with Crippen LogP contribution in [0.2, 0.25) is 0 Å². The van der Waals surface area contributed by atoms with Crippen LogP contribution in [0.4, 0.5) is 0 Å². The molecule has 3 aromatic rings. The van der Waals surface area contributed by atoms with Crippen LogP contribution in [0.1, 0.15) is 66.7 Å². The van der Waals surface area contributed by atoms with E-state index in [1.54, 1.807) is 7.11 Å². The molecule has 148 valence electrons. The summed E-state index contributed by atoms with van der Waals surface area (Å²) in [6.45, 7) is 8.49. The number of ether oxygens (including phenoxy) is 1. The lowest BCUT2D eigenvalue weighted by molar-refractivity contribution is 0.0995. The molecule has 0 aliphatic heterocycles. The lowest BCUT2D eigenvalue weighted by Gasteiger charge is -2.15. The van der Waals surface area contributed by atoms with Gasteiger partial charge in [-0.1, -0.05) is 26.8 Å². The highest BCUT2D eigenvalue weighted by atomic mass is 16.5. The average Bonchev–Trinajstić information content (AvgIpc) is 3.08. The first kappa shape index (κ1) is 19.9. The summed E-state index contributed by atoms with van der Waals surface area (Å²) >= 11 is 0. The smallest absolute Gasteiger partial charge is 0.268 e. The van der Waals surface area contributed by atoms with Gasteiger partial charge in [-0.3, -0.25) is 9.20 Å². The molecule has 0 spiro atoms. The number of aryl methyl sites for hydroxylation is 2. The fourth-order valence-corrected chi connectivity index (χ4v) is 3.96. The van der Waals surface area contributed by atoms with Gasteiger partial charge in [-0.15, -0.1) is 0 Å². The second-order valence-corrected chi connectivity index (χ2v) is 7.21. The van der Waals surface area contributed by atoms with Crippen LogP contribution in [0.3, 0.4) is 0 Å². The second kappa shape index (κ2) is 8.05. The van der Waals surface area contributed by atoms with Gasteiger partial charge in [0.05, 0.1) is 7.11 Å². The van der Waals surface area contributed by atoms with E-state index in [-0.39, 0.29) is 0 Å². The summed E-state index contributed by atoms with van der Waals surface area (Å²) in [6.07, 6.45) is 4.93. The number of nitrogens with zero attached hydrogens (tertiary/aromatic N) is 2. The summed E-state index contributed by atoms with van der Waals surface area (Å²) in [5.74, 6) is 0.764. The van der Waals surface area contributed by atoms with Crippen molar-refractivity contribution in [1.82, 2.24) is 9.38 Å². The maximum Gasteiger partial charge on any atom is 0.268 e. The first-order valence-electron chi connectivity index (χ1n) is 9.94. The average molecular weight is 380 g/mol. The number of hydrogen-bond acceptors (Lipinski definition) is 3. The van der Waals surface area contributed by atoms with Crippen LogP contribution in [0.25, 0.3) is 16.9 Å². The lowest BCUT2D eigenvalue weighted by Crippen LogP contribution is -2.16. The second-order valence-electron chi connectivity index (χ2n) is 7.21. The Morgan fingerprint density at radius 2 is 1.93 bits per heavy atom. The number of carbonyl (C=O) groups is 1. The number of amides is 1. The minimum atomic E-state index is -0.471. The molecule has 0 atom stereocenters. The summed E-state index contributed by atoms with van der Waals surface area (Å²) in [6, 6.07) is 8.03. The zero-order valence-electron chi connectivity index (χ0n) is 17.4. The normalized spacial score (nSPS) is 11.4. The van der Waals surface area contributed by atoms with E-state index in [2.05, 4.69) is 26.8 Å². The number of primary amides is 1. The van der Waals surface area contributed by atoms with Gasteiger partial charge in [0.1, 0.15) is 22.8 Å². The van der Waals surface area contributed by atoms with E-state index in [1.807, 2.05) is 35.7 Å². The third-order valence-electron chi connectivity index (χ3n) is 5.56. The van der Waals surface area contributed by atoms with E-state index in [1.165, 1.54) is 5.56 Å². The number of methoxy groups -OCH3 is 1. The first-order chi connectivity index (χ1) is 13.4. The number of rotatable bonds is 7. The number of nitrogens with two attached hydrogens (primary N) is 1. The van der Waals surface area contributed by atoms with Gasteiger partial charge in [0.15, 0.2) is 0 Å². The molecule has 1 amide bonds. The van der Waals surface area contributed by atoms with Gasteiger partial charge in [-0.25, -0.2) is 4.98 Å². The minimum absolute atomic E-state index is 0.436. The van der Waals surface area contributed by atoms with Crippen molar-refractivity contribution in [3.8, 4) is 17.0 Å². The quantitative estimate of drug-likeness (QED) is 0.636. The summed E-state index contributed by atoms with van der Waals surface area (Å²) < 4.78 is 7.23. The van der Waals surface area contributed by atoms with Crippen LogP contribution in [-0.4, -0.2) is 22.4 Å². The van der Waals surface area contributed by atoms with E-state index < -0.39 is 5.91 Å². The third kappa shape index (κ3) is 3.37. The van der Waals surface area contributed by atoms with E-state index in [0.29, 0.717) is 17.3 Å². The van der Waals surface area contributed by atoms with E-state index in [0.717, 1.165) is 47.3 Å². The Bertz CT molecular complexity index is 1020. The molecular formula is C23H29N3O2. The number of pyridine rings is 1. The van der Waals surface area contributed by atoms with Gasteiger partial charge >= 0.3 is 0 Å². The van der Waals surface area contributed by atoms with Crippen LogP contribution in [0.5, 0.6) is 5.75 Å². The predicted octanol–water partition coefficient (Wildman–Crippen LogP) is 4.88. The molecule has 1 aromatic carbocycles. The maximum atomic E-state index is 12.5. The lowest BCUT2D eigenvalue weighted by atomic mass is 9.94. The Balaban J connectivity index is 2.32. The molecule has 0 saturated heterocycles.